The van der Waals surface area contributed by atoms with Crippen LogP contribution in [-0.2, 0) is 34.8 Å². The maximum atomic E-state index is 5.87. The van der Waals surface area contributed by atoms with Gasteiger partial charge in [-0.3, -0.25) is 0 Å². The zero-order valence-electron chi connectivity index (χ0n) is 11.4. The molecule has 1 atom stereocenters. The van der Waals surface area contributed by atoms with Crippen molar-refractivity contribution >= 4 is 0 Å². The molecule has 0 spiro atoms. The van der Waals surface area contributed by atoms with Crippen molar-refractivity contribution in [3.05, 3.63) is 0 Å². The van der Waals surface area contributed by atoms with Crippen LogP contribution in [0.3, 0.4) is 0 Å². The molecule has 0 saturated carbocycles. The van der Waals surface area contributed by atoms with Crippen LogP contribution in [-0.4, -0.2) is 32.5 Å². The first-order valence-corrected chi connectivity index (χ1v) is 11.5. The number of epoxide rings is 1. The molecule has 0 aromatic heterocycles. The van der Waals surface area contributed by atoms with Crippen molar-refractivity contribution in [1.82, 2.24) is 0 Å². The van der Waals surface area contributed by atoms with Gasteiger partial charge in [-0.05, 0) is 0 Å². The molecule has 1 heterocycles. The van der Waals surface area contributed by atoms with E-state index in [0.29, 0.717) is 25.9 Å². The fourth-order valence-corrected chi connectivity index (χ4v) is 8.55. The minimum atomic E-state index is -3.19. The number of hydrogen-bond donors (Lipinski definition) is 0. The molecule has 0 aromatic carbocycles. The van der Waals surface area contributed by atoms with Gasteiger partial charge in [0.05, 0.1) is 0 Å². The Morgan fingerprint density at radius 1 is 1.00 bits per heavy atom. The van der Waals surface area contributed by atoms with E-state index in [-0.39, 0.29) is 0 Å². The summed E-state index contributed by atoms with van der Waals surface area (Å²) in [5.41, 5.74) is 0. The zero-order chi connectivity index (χ0) is 12.6. The van der Waals surface area contributed by atoms with E-state index in [1.165, 1.54) is 12.8 Å². The van der Waals surface area contributed by atoms with Crippen molar-refractivity contribution in [2.75, 3.05) is 26.4 Å². The average molecular weight is 326 g/mol. The molecule has 1 aliphatic rings. The van der Waals surface area contributed by atoms with Crippen molar-refractivity contribution in [2.24, 2.45) is 0 Å². The zero-order valence-corrected chi connectivity index (χ0v) is 13.8. The molecule has 1 unspecified atom stereocenters. The Morgan fingerprint density at radius 3 is 1.94 bits per heavy atom. The van der Waals surface area contributed by atoms with E-state index in [9.17, 15) is 0 Å². The molecular weight excluding hydrogens is 299 g/mol. The van der Waals surface area contributed by atoms with Crippen molar-refractivity contribution in [3.8, 4) is 0 Å². The predicted molar refractivity (Wildman–Crippen MR) is 63.3 cm³/mol. The van der Waals surface area contributed by atoms with Gasteiger partial charge < -0.3 is 0 Å². The van der Waals surface area contributed by atoms with E-state index >= 15 is 0 Å². The topological polar surface area (TPSA) is 40.2 Å². The van der Waals surface area contributed by atoms with Gasteiger partial charge in [0, 0.05) is 0 Å². The molecule has 0 radical (unpaired) electrons. The second-order valence-electron chi connectivity index (χ2n) is 4.18. The molecule has 0 aliphatic carbocycles. The summed E-state index contributed by atoms with van der Waals surface area (Å²) >= 11 is -3.19. The third-order valence-electron chi connectivity index (χ3n) is 2.75. The number of unbranched alkanes of at least 4 members (excludes halogenated alkanes) is 1. The van der Waals surface area contributed by atoms with Gasteiger partial charge in [0.1, 0.15) is 0 Å². The van der Waals surface area contributed by atoms with Crippen molar-refractivity contribution < 1.29 is 34.8 Å². The summed E-state index contributed by atoms with van der Waals surface area (Å²) in [7, 11) is 0. The van der Waals surface area contributed by atoms with Gasteiger partial charge in [0.2, 0.25) is 0 Å². The molecule has 0 bridgehead atoms. The van der Waals surface area contributed by atoms with Crippen molar-refractivity contribution in [2.45, 2.75) is 50.3 Å². The Morgan fingerprint density at radius 2 is 1.53 bits per heavy atom. The third kappa shape index (κ3) is 6.44. The molecule has 1 fully saturated rings. The quantitative estimate of drug-likeness (QED) is 0.432. The molecule has 0 aromatic rings. The van der Waals surface area contributed by atoms with Crippen LogP contribution >= 0.6 is 0 Å². The molecule has 17 heavy (non-hydrogen) atoms. The van der Waals surface area contributed by atoms with Crippen LogP contribution in [0, 0.1) is 0 Å². The van der Waals surface area contributed by atoms with E-state index in [0.717, 1.165) is 17.2 Å². The van der Waals surface area contributed by atoms with Gasteiger partial charge in [-0.25, -0.2) is 0 Å². The summed E-state index contributed by atoms with van der Waals surface area (Å²) < 4.78 is 23.8. The van der Waals surface area contributed by atoms with E-state index < -0.39 is 21.6 Å². The van der Waals surface area contributed by atoms with Crippen LogP contribution in [0.5, 0.6) is 0 Å². The molecule has 5 heteroatoms. The van der Waals surface area contributed by atoms with Crippen LogP contribution in [0.2, 0.25) is 4.13 Å². The number of hydrogen-bond acceptors (Lipinski definition) is 4. The average Bonchev–Trinajstić information content (AvgIpc) is 3.09. The van der Waals surface area contributed by atoms with Crippen LogP contribution < -0.4 is 0 Å². The Labute approximate surface area is 111 Å². The van der Waals surface area contributed by atoms with Crippen LogP contribution in [0.15, 0.2) is 0 Å². The summed E-state index contributed by atoms with van der Waals surface area (Å²) in [6, 6.07) is 0. The second kappa shape index (κ2) is 8.76. The Kier molecular flexibility index (Phi) is 8.13. The van der Waals surface area contributed by atoms with Crippen LogP contribution in [0.25, 0.3) is 0 Å². The summed E-state index contributed by atoms with van der Waals surface area (Å²) in [4.78, 5) is 0. The summed E-state index contributed by atoms with van der Waals surface area (Å²) in [6.07, 6.45) is 4.03. The Hall–Kier alpha value is 0.723. The molecule has 0 N–H and O–H groups in total. The summed E-state index contributed by atoms with van der Waals surface area (Å²) in [5.74, 6) is 0. The van der Waals surface area contributed by atoms with E-state index in [4.69, 9.17) is 13.2 Å². The molecular formula is C12H26O4Zr. The monoisotopic (exact) mass is 324 g/mol. The molecule has 1 aliphatic heterocycles. The van der Waals surface area contributed by atoms with E-state index in [2.05, 4.69) is 0 Å². The maximum absolute atomic E-state index is 5.87. The summed E-state index contributed by atoms with van der Waals surface area (Å²) in [6.45, 7) is 9.09. The fraction of sp³-hybridized carbons (Fsp3) is 1.00. The third-order valence-corrected chi connectivity index (χ3v) is 10.5. The van der Waals surface area contributed by atoms with Crippen LogP contribution in [0.4, 0.5) is 0 Å². The van der Waals surface area contributed by atoms with Gasteiger partial charge in [0.15, 0.2) is 0 Å². The Balaban J connectivity index is 2.29. The first-order valence-electron chi connectivity index (χ1n) is 6.79. The second-order valence-corrected chi connectivity index (χ2v) is 10.9. The molecule has 0 amide bonds. The van der Waals surface area contributed by atoms with Crippen molar-refractivity contribution in [1.29, 1.82) is 0 Å². The fourth-order valence-electron chi connectivity index (χ4n) is 1.95. The normalized spacial score (nSPS) is 19.6. The van der Waals surface area contributed by atoms with Gasteiger partial charge in [-0.15, -0.1) is 0 Å². The van der Waals surface area contributed by atoms with Gasteiger partial charge >= 0.3 is 111 Å². The first kappa shape index (κ1) is 15.8. The van der Waals surface area contributed by atoms with Gasteiger partial charge in [0.25, 0.3) is 0 Å². The van der Waals surface area contributed by atoms with Gasteiger partial charge in [-0.1, -0.05) is 0 Å². The van der Waals surface area contributed by atoms with E-state index in [1.807, 2.05) is 20.8 Å². The first-order chi connectivity index (χ1) is 8.26. The standard InChI is InChI=1S/C6H11O.3C2H5O.Zr/c1-2-3-4-6-5-7-6;3*1-2-3;/h6H,1-5H2;3*2H2,1H3;/q;3*-1;+3. The number of ether oxygens (including phenoxy) is 1. The molecule has 102 valence electrons. The number of rotatable bonds is 11. The molecule has 1 rings (SSSR count). The van der Waals surface area contributed by atoms with Crippen LogP contribution in [0.1, 0.15) is 40.0 Å². The van der Waals surface area contributed by atoms with Crippen molar-refractivity contribution in [3.63, 3.8) is 0 Å². The molecule has 1 saturated heterocycles. The minimum absolute atomic E-state index is 0.533. The molecule has 4 nitrogen and oxygen atoms in total. The van der Waals surface area contributed by atoms with E-state index in [1.54, 1.807) is 0 Å². The Bertz CT molecular complexity index is 180. The predicted octanol–water partition coefficient (Wildman–Crippen LogP) is 2.98. The van der Waals surface area contributed by atoms with Gasteiger partial charge in [-0.2, -0.15) is 0 Å². The SMILES string of the molecule is CC[O][Zr]([CH2]CCCC1CO1)([O]CC)[O]CC. The summed E-state index contributed by atoms with van der Waals surface area (Å²) in [5, 5.41) is 0.